The number of benzene rings is 1. The van der Waals surface area contributed by atoms with E-state index in [9.17, 15) is 0 Å². The number of rotatable bonds is 1. The van der Waals surface area contributed by atoms with Gasteiger partial charge in [0.1, 0.15) is 0 Å². The van der Waals surface area contributed by atoms with Crippen molar-refractivity contribution in [3.05, 3.63) is 34.8 Å². The summed E-state index contributed by atoms with van der Waals surface area (Å²) in [4.78, 5) is 9.13. The van der Waals surface area contributed by atoms with Gasteiger partial charge >= 0.3 is 29.6 Å². The average Bonchev–Trinajstić information content (AvgIpc) is 2.07. The Morgan fingerprint density at radius 1 is 1.38 bits per heavy atom. The van der Waals surface area contributed by atoms with Gasteiger partial charge in [-0.05, 0) is 12.1 Å². The van der Waals surface area contributed by atoms with Crippen LogP contribution in [-0.2, 0) is 4.79 Å². The van der Waals surface area contributed by atoms with Crippen molar-refractivity contribution < 1.29 is 39.5 Å². The number of carbonyl (C=O) groups is 1. The normalized spacial score (nSPS) is 7.54. The zero-order chi connectivity index (χ0) is 9.40. The van der Waals surface area contributed by atoms with Crippen molar-refractivity contribution in [2.45, 2.75) is 0 Å². The van der Waals surface area contributed by atoms with Crippen LogP contribution in [0.4, 0.5) is 0 Å². The summed E-state index contributed by atoms with van der Waals surface area (Å²) in [5.41, 5.74) is 4.51. The summed E-state index contributed by atoms with van der Waals surface area (Å²) < 4.78 is 1.13. The molecule has 0 aliphatic heterocycles. The molecule has 13 heavy (non-hydrogen) atoms. The van der Waals surface area contributed by atoms with Gasteiger partial charge in [-0.3, -0.25) is 0 Å². The minimum Gasteiger partial charge on any atom is -0.549 e. The van der Waals surface area contributed by atoms with Crippen LogP contribution in [0.15, 0.2) is 34.8 Å². The van der Waals surface area contributed by atoms with Gasteiger partial charge in [-0.15, -0.1) is 0 Å². The van der Waals surface area contributed by atoms with E-state index in [1.54, 1.807) is 0 Å². The summed E-state index contributed by atoms with van der Waals surface area (Å²) in [6.07, 6.45) is 0. The second kappa shape index (κ2) is 10.2. The molecule has 0 bridgehead atoms. The fourth-order valence-electron chi connectivity index (χ4n) is 0.415. The number of carboxylic acids is 1. The topological polar surface area (TPSA) is 66.2 Å². The molecule has 2 N–H and O–H groups in total. The molecule has 0 heterocycles. The minimum absolute atomic E-state index is 0. The van der Waals surface area contributed by atoms with Crippen LogP contribution in [-0.4, -0.2) is 12.5 Å². The van der Waals surface area contributed by atoms with Crippen molar-refractivity contribution in [3.63, 3.8) is 0 Å². The van der Waals surface area contributed by atoms with Crippen LogP contribution in [0, 0.1) is 0 Å². The maximum absolute atomic E-state index is 9.13. The number of carbonyl (C=O) groups excluding carboxylic acids is 1. The third kappa shape index (κ3) is 12.1. The standard InChI is InChI=1S/C6H5Br.C2H5NO2.Na/c7-6-4-2-1-3-5-6;3-1-2(4)5;/h1-5H;1,3H2,(H,4,5);/q;;+1/p-1. The van der Waals surface area contributed by atoms with E-state index in [2.05, 4.69) is 21.7 Å². The predicted molar refractivity (Wildman–Crippen MR) is 48.2 cm³/mol. The molecule has 0 spiro atoms. The second-order valence-corrected chi connectivity index (χ2v) is 2.79. The summed E-state index contributed by atoms with van der Waals surface area (Å²) in [6, 6.07) is 9.97. The van der Waals surface area contributed by atoms with E-state index >= 15 is 0 Å². The molecule has 1 aromatic carbocycles. The van der Waals surface area contributed by atoms with E-state index in [0.29, 0.717) is 0 Å². The van der Waals surface area contributed by atoms with Crippen LogP contribution in [0.1, 0.15) is 0 Å². The average molecular weight is 254 g/mol. The Morgan fingerprint density at radius 2 is 1.77 bits per heavy atom. The van der Waals surface area contributed by atoms with Crippen molar-refractivity contribution >= 4 is 21.9 Å². The third-order valence-corrected chi connectivity index (χ3v) is 1.43. The van der Waals surface area contributed by atoms with Crippen molar-refractivity contribution in [2.24, 2.45) is 5.73 Å². The van der Waals surface area contributed by atoms with Crippen LogP contribution in [0.3, 0.4) is 0 Å². The number of halogens is 1. The van der Waals surface area contributed by atoms with Gasteiger partial charge < -0.3 is 15.6 Å². The molecular formula is C8H9BrNNaO2. The van der Waals surface area contributed by atoms with E-state index in [4.69, 9.17) is 9.90 Å². The molecule has 0 fully saturated rings. The molecule has 0 aliphatic carbocycles. The predicted octanol–water partition coefficient (Wildman–Crippen LogP) is -2.85. The van der Waals surface area contributed by atoms with E-state index in [-0.39, 0.29) is 36.1 Å². The van der Waals surface area contributed by atoms with Gasteiger partial charge in [0.25, 0.3) is 0 Å². The molecule has 66 valence electrons. The first-order valence-corrected chi connectivity index (χ1v) is 4.06. The number of aliphatic carboxylic acids is 1. The van der Waals surface area contributed by atoms with Gasteiger partial charge in [0.2, 0.25) is 0 Å². The first kappa shape index (κ1) is 15.6. The number of carboxylic acid groups (broad SMARTS) is 1. The summed E-state index contributed by atoms with van der Waals surface area (Å²) in [5.74, 6) is -1.22. The zero-order valence-electron chi connectivity index (χ0n) is 7.37. The van der Waals surface area contributed by atoms with Gasteiger partial charge in [-0.1, -0.05) is 34.1 Å². The minimum atomic E-state index is -1.22. The Hall–Kier alpha value is 0.130. The monoisotopic (exact) mass is 253 g/mol. The van der Waals surface area contributed by atoms with Crippen LogP contribution < -0.4 is 40.4 Å². The van der Waals surface area contributed by atoms with Crippen LogP contribution in [0.25, 0.3) is 0 Å². The van der Waals surface area contributed by atoms with Gasteiger partial charge in [0.15, 0.2) is 0 Å². The molecule has 3 nitrogen and oxygen atoms in total. The Labute approximate surface area is 108 Å². The summed E-state index contributed by atoms with van der Waals surface area (Å²) in [7, 11) is 0. The van der Waals surface area contributed by atoms with Gasteiger partial charge in [0, 0.05) is 11.0 Å². The molecule has 0 unspecified atom stereocenters. The van der Waals surface area contributed by atoms with Crippen molar-refractivity contribution in [1.29, 1.82) is 0 Å². The largest absolute Gasteiger partial charge is 1.00 e. The maximum atomic E-state index is 9.13. The van der Waals surface area contributed by atoms with Gasteiger partial charge in [-0.25, -0.2) is 0 Å². The van der Waals surface area contributed by atoms with Gasteiger partial charge in [-0.2, -0.15) is 0 Å². The molecule has 0 radical (unpaired) electrons. The smallest absolute Gasteiger partial charge is 0.549 e. The Bertz CT molecular complexity index is 231. The molecule has 0 aliphatic rings. The van der Waals surface area contributed by atoms with E-state index < -0.39 is 5.97 Å². The molecule has 5 heteroatoms. The van der Waals surface area contributed by atoms with Crippen LogP contribution in [0.5, 0.6) is 0 Å². The maximum Gasteiger partial charge on any atom is 1.00 e. The first-order chi connectivity index (χ1) is 5.66. The summed E-state index contributed by atoms with van der Waals surface area (Å²) in [6.45, 7) is -0.389. The van der Waals surface area contributed by atoms with Crippen molar-refractivity contribution in [1.82, 2.24) is 0 Å². The molecule has 0 atom stereocenters. The third-order valence-electron chi connectivity index (χ3n) is 0.900. The fourth-order valence-corrected chi connectivity index (χ4v) is 0.720. The van der Waals surface area contributed by atoms with E-state index in [0.717, 1.165) is 4.47 Å². The Kier molecular flexibility index (Phi) is 12.3. The summed E-state index contributed by atoms with van der Waals surface area (Å²) in [5, 5.41) is 9.13. The molecule has 0 saturated heterocycles. The molecule has 1 rings (SSSR count). The quantitative estimate of drug-likeness (QED) is 0.548. The summed E-state index contributed by atoms with van der Waals surface area (Å²) >= 11 is 3.31. The molecular weight excluding hydrogens is 245 g/mol. The molecule has 0 saturated carbocycles. The Morgan fingerprint density at radius 3 is 1.92 bits per heavy atom. The SMILES string of the molecule is Brc1ccccc1.NCC(=O)[O-].[Na+]. The van der Waals surface area contributed by atoms with Crippen molar-refractivity contribution in [3.8, 4) is 0 Å². The van der Waals surface area contributed by atoms with Crippen LogP contribution in [0.2, 0.25) is 0 Å². The van der Waals surface area contributed by atoms with E-state index in [1.165, 1.54) is 0 Å². The second-order valence-electron chi connectivity index (χ2n) is 1.87. The van der Waals surface area contributed by atoms with Crippen molar-refractivity contribution in [2.75, 3.05) is 6.54 Å². The number of nitrogens with two attached hydrogens (primary N) is 1. The molecule has 1 aromatic rings. The molecule has 0 aromatic heterocycles. The zero-order valence-corrected chi connectivity index (χ0v) is 11.0. The van der Waals surface area contributed by atoms with Gasteiger partial charge in [0.05, 0.1) is 5.97 Å². The Balaban J connectivity index is 0. The fraction of sp³-hybridized carbons (Fsp3) is 0.125. The molecule has 0 amide bonds. The van der Waals surface area contributed by atoms with Crippen LogP contribution >= 0.6 is 15.9 Å². The first-order valence-electron chi connectivity index (χ1n) is 3.27. The number of hydrogen-bond acceptors (Lipinski definition) is 3. The number of hydrogen-bond donors (Lipinski definition) is 1. The van der Waals surface area contributed by atoms with E-state index in [1.807, 2.05) is 30.3 Å².